The Hall–Kier alpha value is -2.45. The van der Waals surface area contributed by atoms with E-state index in [2.05, 4.69) is 42.4 Å². The van der Waals surface area contributed by atoms with Crippen LogP contribution in [0.25, 0.3) is 0 Å². The molecule has 1 fully saturated rings. The Bertz CT molecular complexity index is 760. The molecule has 0 unspecified atom stereocenters. The van der Waals surface area contributed by atoms with Crippen LogP contribution in [-0.2, 0) is 0 Å². The van der Waals surface area contributed by atoms with Gasteiger partial charge in [-0.1, -0.05) is 29.8 Å². The molecule has 0 spiro atoms. The highest BCUT2D eigenvalue weighted by Crippen LogP contribution is 2.15. The number of benzene rings is 1. The maximum absolute atomic E-state index is 5.88. The molecule has 0 bridgehead atoms. The van der Waals surface area contributed by atoms with Gasteiger partial charge in [0.05, 0.1) is 12.4 Å². The normalized spacial score (nSPS) is 15.2. The van der Waals surface area contributed by atoms with Crippen molar-refractivity contribution >= 4 is 40.5 Å². The summed E-state index contributed by atoms with van der Waals surface area (Å²) in [5.41, 5.74) is 10.3. The molecule has 2 aromatic rings. The number of nitrogens with one attached hydrogen (secondary N) is 1. The third kappa shape index (κ3) is 4.55. The molecule has 0 atom stereocenters. The summed E-state index contributed by atoms with van der Waals surface area (Å²) >= 11 is 11.2. The summed E-state index contributed by atoms with van der Waals surface area (Å²) in [5, 5.41) is 4.87. The first kappa shape index (κ1) is 17.4. The SMILES string of the molecule is NC(=NNC(=S)N1CCN(c2ccccc2)CC1)c1cncc(Cl)n1. The number of nitrogens with zero attached hydrogens (tertiary/aromatic N) is 5. The molecule has 1 aliphatic rings. The Morgan fingerprint density at radius 2 is 1.88 bits per heavy atom. The molecule has 2 heterocycles. The first-order valence-corrected chi connectivity index (χ1v) is 8.58. The van der Waals surface area contributed by atoms with Crippen molar-refractivity contribution in [1.29, 1.82) is 0 Å². The second kappa shape index (κ2) is 8.09. The number of nitrogens with two attached hydrogens (primary N) is 1. The third-order valence-corrected chi connectivity index (χ3v) is 4.36. The number of hydrazone groups is 1. The van der Waals surface area contributed by atoms with Crippen LogP contribution in [0.5, 0.6) is 0 Å². The van der Waals surface area contributed by atoms with Gasteiger partial charge in [0.25, 0.3) is 0 Å². The maximum Gasteiger partial charge on any atom is 0.189 e. The van der Waals surface area contributed by atoms with E-state index in [1.165, 1.54) is 18.1 Å². The molecule has 0 amide bonds. The van der Waals surface area contributed by atoms with Gasteiger partial charge in [0.1, 0.15) is 10.8 Å². The lowest BCUT2D eigenvalue weighted by Gasteiger charge is -2.36. The van der Waals surface area contributed by atoms with Gasteiger partial charge in [0.15, 0.2) is 10.9 Å². The lowest BCUT2D eigenvalue weighted by Crippen LogP contribution is -2.51. The molecule has 3 rings (SSSR count). The molecular weight excluding hydrogens is 358 g/mol. The summed E-state index contributed by atoms with van der Waals surface area (Å²) in [7, 11) is 0. The molecule has 0 saturated carbocycles. The Labute approximate surface area is 156 Å². The monoisotopic (exact) mass is 375 g/mol. The van der Waals surface area contributed by atoms with E-state index >= 15 is 0 Å². The van der Waals surface area contributed by atoms with E-state index in [1.807, 2.05) is 18.2 Å². The van der Waals surface area contributed by atoms with Crippen molar-refractivity contribution in [1.82, 2.24) is 20.3 Å². The number of amidine groups is 1. The number of hydrogen-bond donors (Lipinski definition) is 2. The molecular formula is C16H18ClN7S. The van der Waals surface area contributed by atoms with Gasteiger partial charge in [-0.05, 0) is 24.4 Å². The van der Waals surface area contributed by atoms with E-state index in [-0.39, 0.29) is 11.0 Å². The van der Waals surface area contributed by atoms with E-state index < -0.39 is 0 Å². The van der Waals surface area contributed by atoms with E-state index in [1.54, 1.807) is 0 Å². The molecule has 0 radical (unpaired) electrons. The molecule has 9 heteroatoms. The average molecular weight is 376 g/mol. The zero-order valence-electron chi connectivity index (χ0n) is 13.5. The third-order valence-electron chi connectivity index (χ3n) is 3.83. The lowest BCUT2D eigenvalue weighted by molar-refractivity contribution is 0.381. The standard InChI is InChI=1S/C16H18ClN7S/c17-14-11-19-10-13(20-14)15(18)21-22-16(25)24-8-6-23(7-9-24)12-4-2-1-3-5-12/h1-5,10-11H,6-9H2,(H2,18,21)(H,22,25). The molecule has 1 aliphatic heterocycles. The molecule has 7 nitrogen and oxygen atoms in total. The fourth-order valence-electron chi connectivity index (χ4n) is 2.51. The fraction of sp³-hybridized carbons (Fsp3) is 0.250. The highest BCUT2D eigenvalue weighted by molar-refractivity contribution is 7.80. The van der Waals surface area contributed by atoms with Crippen LogP contribution in [-0.4, -0.2) is 52.0 Å². The van der Waals surface area contributed by atoms with Crippen molar-refractivity contribution < 1.29 is 0 Å². The van der Waals surface area contributed by atoms with Crippen LogP contribution in [0.1, 0.15) is 5.69 Å². The molecule has 25 heavy (non-hydrogen) atoms. The zero-order chi connectivity index (χ0) is 17.6. The highest BCUT2D eigenvalue weighted by Gasteiger charge is 2.19. The summed E-state index contributed by atoms with van der Waals surface area (Å²) in [6, 6.07) is 10.3. The van der Waals surface area contributed by atoms with E-state index in [0.29, 0.717) is 10.8 Å². The first-order valence-electron chi connectivity index (χ1n) is 7.79. The van der Waals surface area contributed by atoms with Crippen molar-refractivity contribution in [3.05, 3.63) is 53.6 Å². The largest absolute Gasteiger partial charge is 0.380 e. The summed E-state index contributed by atoms with van der Waals surface area (Å²) < 4.78 is 0. The smallest absolute Gasteiger partial charge is 0.189 e. The summed E-state index contributed by atoms with van der Waals surface area (Å²) in [6.45, 7) is 3.41. The number of aromatic nitrogens is 2. The van der Waals surface area contributed by atoms with E-state index in [9.17, 15) is 0 Å². The second-order valence-electron chi connectivity index (χ2n) is 5.45. The number of hydrogen-bond acceptors (Lipinski definition) is 5. The highest BCUT2D eigenvalue weighted by atomic mass is 35.5. The van der Waals surface area contributed by atoms with Gasteiger partial charge in [0.2, 0.25) is 0 Å². The van der Waals surface area contributed by atoms with Crippen LogP contribution in [0.15, 0.2) is 47.8 Å². The maximum atomic E-state index is 5.88. The number of halogens is 1. The Balaban J connectivity index is 1.53. The van der Waals surface area contributed by atoms with Crippen LogP contribution < -0.4 is 16.1 Å². The Morgan fingerprint density at radius 3 is 2.56 bits per heavy atom. The Kier molecular flexibility index (Phi) is 5.62. The summed E-state index contributed by atoms with van der Waals surface area (Å²) in [4.78, 5) is 12.4. The van der Waals surface area contributed by atoms with Crippen molar-refractivity contribution in [3.63, 3.8) is 0 Å². The van der Waals surface area contributed by atoms with Gasteiger partial charge in [-0.25, -0.2) is 4.98 Å². The topological polar surface area (TPSA) is 82.7 Å². The predicted molar refractivity (Wildman–Crippen MR) is 104 cm³/mol. The molecule has 1 saturated heterocycles. The van der Waals surface area contributed by atoms with Crippen LogP contribution in [0.4, 0.5) is 5.69 Å². The van der Waals surface area contributed by atoms with Crippen LogP contribution in [0, 0.1) is 0 Å². The van der Waals surface area contributed by atoms with E-state index in [4.69, 9.17) is 29.6 Å². The fourth-order valence-corrected chi connectivity index (χ4v) is 2.88. The minimum atomic E-state index is 0.181. The minimum absolute atomic E-state index is 0.181. The van der Waals surface area contributed by atoms with Crippen molar-refractivity contribution in [2.45, 2.75) is 0 Å². The minimum Gasteiger partial charge on any atom is -0.380 e. The van der Waals surface area contributed by atoms with Crippen LogP contribution in [0.2, 0.25) is 5.15 Å². The molecule has 130 valence electrons. The molecule has 3 N–H and O–H groups in total. The quantitative estimate of drug-likeness (QED) is 0.363. The number of rotatable bonds is 3. The summed E-state index contributed by atoms with van der Waals surface area (Å²) in [5.74, 6) is 0.181. The number of para-hydroxylation sites is 1. The molecule has 1 aromatic heterocycles. The van der Waals surface area contributed by atoms with Crippen molar-refractivity contribution in [3.8, 4) is 0 Å². The second-order valence-corrected chi connectivity index (χ2v) is 6.22. The van der Waals surface area contributed by atoms with Crippen molar-refractivity contribution in [2.24, 2.45) is 10.8 Å². The van der Waals surface area contributed by atoms with Gasteiger partial charge in [-0.3, -0.25) is 10.4 Å². The number of piperazine rings is 1. The van der Waals surface area contributed by atoms with Gasteiger partial charge in [-0.15, -0.1) is 0 Å². The van der Waals surface area contributed by atoms with Gasteiger partial charge in [0, 0.05) is 31.9 Å². The predicted octanol–water partition coefficient (Wildman–Crippen LogP) is 1.45. The van der Waals surface area contributed by atoms with E-state index in [0.717, 1.165) is 26.2 Å². The van der Waals surface area contributed by atoms with Crippen molar-refractivity contribution in [2.75, 3.05) is 31.1 Å². The number of anilines is 1. The lowest BCUT2D eigenvalue weighted by atomic mass is 10.2. The number of thiocarbonyl (C=S) groups is 1. The van der Waals surface area contributed by atoms with Gasteiger partial charge < -0.3 is 15.5 Å². The van der Waals surface area contributed by atoms with Gasteiger partial charge in [-0.2, -0.15) is 5.10 Å². The first-order chi connectivity index (χ1) is 12.1. The van der Waals surface area contributed by atoms with Crippen LogP contribution in [0.3, 0.4) is 0 Å². The van der Waals surface area contributed by atoms with Gasteiger partial charge >= 0.3 is 0 Å². The Morgan fingerprint density at radius 1 is 1.16 bits per heavy atom. The zero-order valence-corrected chi connectivity index (χ0v) is 15.0. The molecule has 0 aliphatic carbocycles. The summed E-state index contributed by atoms with van der Waals surface area (Å²) in [6.07, 6.45) is 2.93. The molecule has 1 aromatic carbocycles. The average Bonchev–Trinajstić information content (AvgIpc) is 2.66. The van der Waals surface area contributed by atoms with Crippen LogP contribution >= 0.6 is 23.8 Å².